The minimum absolute atomic E-state index is 0.0164. The third kappa shape index (κ3) is 3.80. The molecular weight excluding hydrogens is 399 g/mol. The Bertz CT molecular complexity index is 1160. The molecule has 1 saturated heterocycles. The number of hydrogen-bond acceptors (Lipinski definition) is 4. The molecule has 0 bridgehead atoms. The van der Waals surface area contributed by atoms with Crippen LogP contribution in [-0.2, 0) is 17.5 Å². The van der Waals surface area contributed by atoms with Gasteiger partial charge in [-0.15, -0.1) is 0 Å². The number of aliphatic hydroxyl groups excluding tert-OH is 1. The van der Waals surface area contributed by atoms with E-state index in [9.17, 15) is 27.9 Å². The van der Waals surface area contributed by atoms with Gasteiger partial charge in [0, 0.05) is 6.54 Å². The molecule has 1 aliphatic rings. The molecule has 6 nitrogen and oxygen atoms in total. The van der Waals surface area contributed by atoms with Crippen LogP contribution in [0, 0.1) is 0 Å². The molecule has 1 aliphatic heterocycles. The lowest BCUT2D eigenvalue weighted by Crippen LogP contribution is -2.37. The highest BCUT2D eigenvalue weighted by molar-refractivity contribution is 5.80. The topological polar surface area (TPSA) is 75.4 Å². The SMILES string of the molecule is O=C(Cn1c(=O)cnc2ccccc21)N1C[C@@H](O)C[C@@H]1c1cccc(C(F)(F)F)c1. The molecule has 0 radical (unpaired) electrons. The number of nitrogens with zero attached hydrogens (tertiary/aromatic N) is 3. The largest absolute Gasteiger partial charge is 0.416 e. The molecule has 3 aromatic rings. The van der Waals surface area contributed by atoms with Gasteiger partial charge in [0.1, 0.15) is 6.54 Å². The van der Waals surface area contributed by atoms with E-state index in [1.54, 1.807) is 24.3 Å². The van der Waals surface area contributed by atoms with Crippen LogP contribution in [0.25, 0.3) is 11.0 Å². The summed E-state index contributed by atoms with van der Waals surface area (Å²) in [5.41, 5.74) is 0.0405. The van der Waals surface area contributed by atoms with E-state index in [1.165, 1.54) is 21.6 Å². The number of carbonyl (C=O) groups is 1. The number of amides is 1. The number of rotatable bonds is 3. The van der Waals surface area contributed by atoms with Crippen LogP contribution in [-0.4, -0.2) is 38.1 Å². The van der Waals surface area contributed by atoms with Gasteiger partial charge in [0.25, 0.3) is 5.56 Å². The second-order valence-corrected chi connectivity index (χ2v) is 7.25. The second-order valence-electron chi connectivity index (χ2n) is 7.25. The highest BCUT2D eigenvalue weighted by Crippen LogP contribution is 2.36. The van der Waals surface area contributed by atoms with Crippen LogP contribution in [0.4, 0.5) is 13.2 Å². The molecule has 0 spiro atoms. The zero-order valence-corrected chi connectivity index (χ0v) is 15.7. The van der Waals surface area contributed by atoms with Crippen molar-refractivity contribution in [1.82, 2.24) is 14.5 Å². The Morgan fingerprint density at radius 2 is 1.93 bits per heavy atom. The number of fused-ring (bicyclic) bond motifs is 1. The van der Waals surface area contributed by atoms with Gasteiger partial charge in [0.05, 0.1) is 34.9 Å². The Hall–Kier alpha value is -3.20. The van der Waals surface area contributed by atoms with Gasteiger partial charge in [-0.05, 0) is 36.2 Å². The lowest BCUT2D eigenvalue weighted by atomic mass is 10.0. The monoisotopic (exact) mass is 417 g/mol. The van der Waals surface area contributed by atoms with E-state index in [1.807, 2.05) is 0 Å². The fraction of sp³-hybridized carbons (Fsp3) is 0.286. The predicted molar refractivity (Wildman–Crippen MR) is 103 cm³/mol. The van der Waals surface area contributed by atoms with E-state index in [-0.39, 0.29) is 19.5 Å². The molecule has 2 atom stereocenters. The van der Waals surface area contributed by atoms with Crippen molar-refractivity contribution >= 4 is 16.9 Å². The van der Waals surface area contributed by atoms with Crippen LogP contribution in [0.15, 0.2) is 59.5 Å². The third-order valence-electron chi connectivity index (χ3n) is 5.24. The van der Waals surface area contributed by atoms with Gasteiger partial charge in [0.2, 0.25) is 5.91 Å². The van der Waals surface area contributed by atoms with E-state index in [2.05, 4.69) is 4.98 Å². The van der Waals surface area contributed by atoms with Crippen molar-refractivity contribution in [3.8, 4) is 0 Å². The van der Waals surface area contributed by atoms with Crippen molar-refractivity contribution in [3.05, 3.63) is 76.2 Å². The Morgan fingerprint density at radius 1 is 1.17 bits per heavy atom. The Balaban J connectivity index is 1.66. The maximum atomic E-state index is 13.1. The normalized spacial score (nSPS) is 19.4. The fourth-order valence-corrected chi connectivity index (χ4v) is 3.83. The molecule has 156 valence electrons. The summed E-state index contributed by atoms with van der Waals surface area (Å²) in [4.78, 5) is 30.7. The van der Waals surface area contributed by atoms with Crippen LogP contribution in [0.5, 0.6) is 0 Å². The number of benzene rings is 2. The molecule has 2 aromatic carbocycles. The number of para-hydroxylation sites is 2. The van der Waals surface area contributed by atoms with Crippen LogP contribution in [0.1, 0.15) is 23.6 Å². The summed E-state index contributed by atoms with van der Waals surface area (Å²) in [6, 6.07) is 10.9. The second kappa shape index (κ2) is 7.56. The van der Waals surface area contributed by atoms with Crippen molar-refractivity contribution in [2.75, 3.05) is 6.54 Å². The minimum Gasteiger partial charge on any atom is -0.391 e. The fourth-order valence-electron chi connectivity index (χ4n) is 3.83. The van der Waals surface area contributed by atoms with Gasteiger partial charge in [0.15, 0.2) is 0 Å². The third-order valence-corrected chi connectivity index (χ3v) is 5.24. The summed E-state index contributed by atoms with van der Waals surface area (Å²) >= 11 is 0. The summed E-state index contributed by atoms with van der Waals surface area (Å²) in [7, 11) is 0. The zero-order valence-electron chi connectivity index (χ0n) is 15.7. The molecule has 1 N–H and O–H groups in total. The zero-order chi connectivity index (χ0) is 21.5. The molecule has 0 unspecified atom stereocenters. The summed E-state index contributed by atoms with van der Waals surface area (Å²) < 4.78 is 40.6. The lowest BCUT2D eigenvalue weighted by Gasteiger charge is -2.26. The van der Waals surface area contributed by atoms with Gasteiger partial charge in [-0.3, -0.25) is 14.2 Å². The number of β-amino-alcohol motifs (C(OH)–C–C–N with tert-alkyl or cyclic N) is 1. The molecule has 0 saturated carbocycles. The van der Waals surface area contributed by atoms with Gasteiger partial charge in [-0.2, -0.15) is 13.2 Å². The molecule has 0 aliphatic carbocycles. The average molecular weight is 417 g/mol. The molecule has 30 heavy (non-hydrogen) atoms. The van der Waals surface area contributed by atoms with Crippen molar-refractivity contribution in [2.45, 2.75) is 31.3 Å². The molecule has 9 heteroatoms. The lowest BCUT2D eigenvalue weighted by molar-refractivity contribution is -0.137. The minimum atomic E-state index is -4.51. The molecule has 4 rings (SSSR count). The molecule has 1 fully saturated rings. The highest BCUT2D eigenvalue weighted by Gasteiger charge is 2.37. The number of aromatic nitrogens is 2. The van der Waals surface area contributed by atoms with Crippen LogP contribution < -0.4 is 5.56 Å². The maximum absolute atomic E-state index is 13.1. The Morgan fingerprint density at radius 3 is 2.70 bits per heavy atom. The van der Waals surface area contributed by atoms with E-state index >= 15 is 0 Å². The summed E-state index contributed by atoms with van der Waals surface area (Å²) in [5.74, 6) is -0.465. The number of halogens is 3. The van der Waals surface area contributed by atoms with Crippen molar-refractivity contribution in [1.29, 1.82) is 0 Å². The first-order chi connectivity index (χ1) is 14.2. The number of aliphatic hydroxyl groups is 1. The number of carbonyl (C=O) groups excluding carboxylic acids is 1. The first-order valence-electron chi connectivity index (χ1n) is 9.33. The van der Waals surface area contributed by atoms with E-state index in [4.69, 9.17) is 0 Å². The Labute approximate surface area is 169 Å². The summed E-state index contributed by atoms with van der Waals surface area (Å²) in [6.07, 6.45) is -4.12. The average Bonchev–Trinajstić information content (AvgIpc) is 3.11. The van der Waals surface area contributed by atoms with Crippen molar-refractivity contribution in [3.63, 3.8) is 0 Å². The van der Waals surface area contributed by atoms with Crippen molar-refractivity contribution < 1.29 is 23.1 Å². The maximum Gasteiger partial charge on any atom is 0.416 e. The molecular formula is C21H18F3N3O3. The van der Waals surface area contributed by atoms with E-state index in [0.29, 0.717) is 16.6 Å². The summed E-state index contributed by atoms with van der Waals surface area (Å²) in [6.45, 7) is -0.318. The van der Waals surface area contributed by atoms with Gasteiger partial charge in [-0.25, -0.2) is 4.98 Å². The molecule has 1 amide bonds. The first-order valence-corrected chi connectivity index (χ1v) is 9.33. The standard InChI is InChI=1S/C21H18F3N3O3/c22-21(23,24)14-5-3-4-13(8-14)18-9-15(28)11-26(18)20(30)12-27-17-7-2-1-6-16(17)25-10-19(27)29/h1-8,10,15,18,28H,9,11-12H2/t15-,18+/m0/s1. The van der Waals surface area contributed by atoms with E-state index in [0.717, 1.165) is 18.3 Å². The van der Waals surface area contributed by atoms with E-state index < -0.39 is 35.4 Å². The number of hydrogen-bond donors (Lipinski definition) is 1. The van der Waals surface area contributed by atoms with Crippen LogP contribution >= 0.6 is 0 Å². The molecule has 2 heterocycles. The Kier molecular flexibility index (Phi) is 5.07. The van der Waals surface area contributed by atoms with Crippen molar-refractivity contribution in [2.24, 2.45) is 0 Å². The summed E-state index contributed by atoms with van der Waals surface area (Å²) in [5, 5.41) is 10.1. The highest BCUT2D eigenvalue weighted by atomic mass is 19.4. The van der Waals surface area contributed by atoms with Gasteiger partial charge >= 0.3 is 6.18 Å². The van der Waals surface area contributed by atoms with Gasteiger partial charge < -0.3 is 10.0 Å². The smallest absolute Gasteiger partial charge is 0.391 e. The van der Waals surface area contributed by atoms with Gasteiger partial charge in [-0.1, -0.05) is 24.3 Å². The number of likely N-dealkylation sites (tertiary alicyclic amines) is 1. The van der Waals surface area contributed by atoms with Crippen LogP contribution in [0.2, 0.25) is 0 Å². The predicted octanol–water partition coefficient (Wildman–Crippen LogP) is 2.75. The number of alkyl halides is 3. The molecule has 1 aromatic heterocycles. The quantitative estimate of drug-likeness (QED) is 0.711. The van der Waals surface area contributed by atoms with Crippen LogP contribution in [0.3, 0.4) is 0 Å². The first kappa shape index (κ1) is 20.1.